The molecule has 0 unspecified atom stereocenters. The van der Waals surface area contributed by atoms with E-state index >= 15 is 0 Å². The third-order valence-corrected chi connectivity index (χ3v) is 6.44. The summed E-state index contributed by atoms with van der Waals surface area (Å²) in [5, 5.41) is 2.92. The van der Waals surface area contributed by atoms with E-state index in [2.05, 4.69) is 43.0 Å². The van der Waals surface area contributed by atoms with Gasteiger partial charge in [0.05, 0.1) is 0 Å². The van der Waals surface area contributed by atoms with Crippen molar-refractivity contribution in [3.05, 3.63) is 48.1 Å². The van der Waals surface area contributed by atoms with Crippen LogP contribution in [0.5, 0.6) is 0 Å². The molecule has 4 heteroatoms. The van der Waals surface area contributed by atoms with Crippen LogP contribution in [0.25, 0.3) is 0 Å². The summed E-state index contributed by atoms with van der Waals surface area (Å²) in [5.41, 5.74) is 6.64. The maximum Gasteiger partial charge on any atom is 0.427 e. The number of allylic oxidation sites excluding steroid dienone is 6. The summed E-state index contributed by atoms with van der Waals surface area (Å²) < 4.78 is 0. The molecular formula is C23H34N2O2. The number of carbonyl (C=O) groups is 1. The minimum absolute atomic E-state index is 0.373. The first kappa shape index (κ1) is 19.9. The molecule has 4 nitrogen and oxygen atoms in total. The molecule has 3 atom stereocenters. The fourth-order valence-corrected chi connectivity index (χ4v) is 4.80. The Morgan fingerprint density at radius 1 is 1.33 bits per heavy atom. The number of hydrogen-bond acceptors (Lipinski definition) is 3. The average molecular weight is 371 g/mol. The third kappa shape index (κ3) is 4.92. The van der Waals surface area contributed by atoms with Crippen LogP contribution in [0.3, 0.4) is 0 Å². The number of unbranched alkanes of at least 4 members (excludes halogenated alkanes) is 2. The van der Waals surface area contributed by atoms with Crippen molar-refractivity contribution in [1.82, 2.24) is 10.8 Å². The molecule has 0 aromatic heterocycles. The summed E-state index contributed by atoms with van der Waals surface area (Å²) in [6.07, 6.45) is 17.7. The van der Waals surface area contributed by atoms with Crippen LogP contribution in [0.4, 0.5) is 4.79 Å². The predicted molar refractivity (Wildman–Crippen MR) is 110 cm³/mol. The van der Waals surface area contributed by atoms with Crippen LogP contribution < -0.4 is 10.8 Å². The first-order valence-corrected chi connectivity index (χ1v) is 10.5. The lowest BCUT2D eigenvalue weighted by atomic mass is 9.78. The number of rotatable bonds is 7. The first-order valence-electron chi connectivity index (χ1n) is 10.5. The Morgan fingerprint density at radius 3 is 2.89 bits per heavy atom. The standard InChI is InChI=1S/C23H34N2O2/c1-4-6-7-8-9-18-10-11-20(19(5-2)15-18)14-17(3)21-12-13-23(16-21)24-22(26)27-25-23/h4-5,14,18,21,25H,1,3,6-13,15-16H2,2H3,(H,24,26)/b19-5-,20-14-/t18-,21-,23-/m0/s1. The lowest BCUT2D eigenvalue weighted by Gasteiger charge is -2.27. The van der Waals surface area contributed by atoms with Crippen molar-refractivity contribution in [2.45, 2.75) is 76.8 Å². The van der Waals surface area contributed by atoms with Crippen molar-refractivity contribution in [2.75, 3.05) is 0 Å². The van der Waals surface area contributed by atoms with Gasteiger partial charge in [0.15, 0.2) is 0 Å². The number of hydrogen-bond donors (Lipinski definition) is 2. The van der Waals surface area contributed by atoms with Gasteiger partial charge < -0.3 is 4.84 Å². The molecule has 3 rings (SSSR count). The topological polar surface area (TPSA) is 50.4 Å². The second kappa shape index (κ2) is 8.92. The van der Waals surface area contributed by atoms with E-state index < -0.39 is 5.66 Å². The largest absolute Gasteiger partial charge is 0.427 e. The summed E-state index contributed by atoms with van der Waals surface area (Å²) in [6.45, 7) is 10.3. The summed E-state index contributed by atoms with van der Waals surface area (Å²) in [6, 6.07) is 0. The van der Waals surface area contributed by atoms with E-state index in [1.54, 1.807) is 0 Å². The van der Waals surface area contributed by atoms with Crippen molar-refractivity contribution < 1.29 is 9.63 Å². The van der Waals surface area contributed by atoms with Gasteiger partial charge in [0.2, 0.25) is 0 Å². The van der Waals surface area contributed by atoms with E-state index in [-0.39, 0.29) is 6.09 Å². The van der Waals surface area contributed by atoms with Crippen LogP contribution >= 0.6 is 0 Å². The molecule has 0 radical (unpaired) electrons. The smallest absolute Gasteiger partial charge is 0.351 e. The fraction of sp³-hybridized carbons (Fsp3) is 0.609. The molecule has 3 aliphatic rings. The van der Waals surface area contributed by atoms with Gasteiger partial charge in [-0.1, -0.05) is 43.2 Å². The molecule has 0 bridgehead atoms. The zero-order chi connectivity index (χ0) is 19.3. The zero-order valence-corrected chi connectivity index (χ0v) is 16.7. The molecule has 1 spiro atoms. The van der Waals surface area contributed by atoms with Crippen LogP contribution in [-0.4, -0.2) is 11.8 Å². The van der Waals surface area contributed by atoms with E-state index in [0.717, 1.165) is 38.0 Å². The molecule has 3 fully saturated rings. The van der Waals surface area contributed by atoms with E-state index in [1.165, 1.54) is 48.8 Å². The Bertz CT molecular complexity index is 649. The molecule has 0 aromatic carbocycles. The Morgan fingerprint density at radius 2 is 2.19 bits per heavy atom. The van der Waals surface area contributed by atoms with Gasteiger partial charge in [0.1, 0.15) is 5.66 Å². The summed E-state index contributed by atoms with van der Waals surface area (Å²) in [5.74, 6) is 1.21. The predicted octanol–water partition coefficient (Wildman–Crippen LogP) is 5.70. The Kier molecular flexibility index (Phi) is 6.59. The highest BCUT2D eigenvalue weighted by atomic mass is 16.7. The van der Waals surface area contributed by atoms with E-state index in [4.69, 9.17) is 4.84 Å². The van der Waals surface area contributed by atoms with Gasteiger partial charge in [0.25, 0.3) is 0 Å². The molecule has 0 aromatic rings. The molecule has 2 aliphatic carbocycles. The highest BCUT2D eigenvalue weighted by Gasteiger charge is 2.46. The molecule has 148 valence electrons. The second-order valence-corrected chi connectivity index (χ2v) is 8.38. The maximum absolute atomic E-state index is 11.4. The molecule has 2 N–H and O–H groups in total. The molecule has 2 saturated carbocycles. The Balaban J connectivity index is 1.54. The molecular weight excluding hydrogens is 336 g/mol. The summed E-state index contributed by atoms with van der Waals surface area (Å²) in [7, 11) is 0. The minimum atomic E-state index is -0.393. The third-order valence-electron chi connectivity index (χ3n) is 6.44. The molecule has 1 saturated heterocycles. The van der Waals surface area contributed by atoms with Gasteiger partial charge in [0, 0.05) is 0 Å². The van der Waals surface area contributed by atoms with Crippen LogP contribution in [0.2, 0.25) is 0 Å². The van der Waals surface area contributed by atoms with Crippen LogP contribution in [0.15, 0.2) is 48.1 Å². The quantitative estimate of drug-likeness (QED) is 0.446. The van der Waals surface area contributed by atoms with Crippen molar-refractivity contribution in [1.29, 1.82) is 0 Å². The van der Waals surface area contributed by atoms with Crippen molar-refractivity contribution in [2.24, 2.45) is 11.8 Å². The number of hydroxylamine groups is 1. The van der Waals surface area contributed by atoms with Gasteiger partial charge in [-0.3, -0.25) is 5.32 Å². The SMILES string of the molecule is C=CCCCC[C@H]1CCC(=C/C(=C)[C@H]2CC[C@@]3(C2)NOC(=O)N3)/C(=C\C)C1. The lowest BCUT2D eigenvalue weighted by molar-refractivity contribution is 0.0938. The second-order valence-electron chi connectivity index (χ2n) is 8.38. The van der Waals surface area contributed by atoms with E-state index in [0.29, 0.717) is 5.92 Å². The van der Waals surface area contributed by atoms with Gasteiger partial charge in [-0.2, -0.15) is 0 Å². The normalized spacial score (nSPS) is 33.4. The number of carbonyl (C=O) groups excluding carboxylic acids is 1. The van der Waals surface area contributed by atoms with Crippen LogP contribution in [-0.2, 0) is 4.84 Å². The van der Waals surface area contributed by atoms with Crippen molar-refractivity contribution in [3.8, 4) is 0 Å². The molecule has 1 aliphatic heterocycles. The van der Waals surface area contributed by atoms with Gasteiger partial charge in [-0.05, 0) is 81.3 Å². The molecule has 1 amide bonds. The average Bonchev–Trinajstić information content (AvgIpc) is 3.25. The maximum atomic E-state index is 11.4. The monoisotopic (exact) mass is 370 g/mol. The van der Waals surface area contributed by atoms with E-state index in [9.17, 15) is 4.79 Å². The van der Waals surface area contributed by atoms with Crippen molar-refractivity contribution in [3.63, 3.8) is 0 Å². The minimum Gasteiger partial charge on any atom is -0.351 e. The summed E-state index contributed by atoms with van der Waals surface area (Å²) in [4.78, 5) is 16.3. The van der Waals surface area contributed by atoms with Crippen molar-refractivity contribution >= 4 is 6.09 Å². The number of nitrogens with one attached hydrogen (secondary N) is 2. The summed E-state index contributed by atoms with van der Waals surface area (Å²) >= 11 is 0. The fourth-order valence-electron chi connectivity index (χ4n) is 4.80. The van der Waals surface area contributed by atoms with Gasteiger partial charge in [-0.15, -0.1) is 12.1 Å². The Hall–Kier alpha value is -1.81. The molecule has 1 heterocycles. The Labute approximate surface area is 163 Å². The first-order chi connectivity index (χ1) is 13.0. The van der Waals surface area contributed by atoms with Crippen LogP contribution in [0, 0.1) is 11.8 Å². The highest BCUT2D eigenvalue weighted by Crippen LogP contribution is 2.41. The highest BCUT2D eigenvalue weighted by molar-refractivity contribution is 5.69. The number of amides is 1. The lowest BCUT2D eigenvalue weighted by Crippen LogP contribution is -2.46. The van der Waals surface area contributed by atoms with Crippen LogP contribution in [0.1, 0.15) is 71.1 Å². The van der Waals surface area contributed by atoms with E-state index in [1.807, 2.05) is 6.08 Å². The molecule has 27 heavy (non-hydrogen) atoms. The zero-order valence-electron chi connectivity index (χ0n) is 16.7. The van der Waals surface area contributed by atoms with Gasteiger partial charge >= 0.3 is 6.09 Å². The van der Waals surface area contributed by atoms with Gasteiger partial charge in [-0.25, -0.2) is 4.79 Å².